The van der Waals surface area contributed by atoms with Crippen LogP contribution in [0.2, 0.25) is 0 Å². The number of aliphatic hydroxyl groups excluding tert-OH is 4. The minimum Gasteiger partial charge on any atom is -0.394 e. The molecule has 70 heavy (non-hydrogen) atoms. The molecule has 6 nitrogen and oxygen atoms in total. The topological polar surface area (TPSA) is 110 Å². The number of nitrogens with one attached hydrogen (secondary N) is 1. The maximum Gasteiger partial charge on any atom is 0.249 e. The van der Waals surface area contributed by atoms with E-state index in [4.69, 9.17) is 0 Å². The number of unbranched alkanes of at least 4 members (excludes halogenated alkanes) is 37. The predicted molar refractivity (Wildman–Crippen MR) is 306 cm³/mol. The molecule has 0 aliphatic rings. The van der Waals surface area contributed by atoms with Gasteiger partial charge in [-0.1, -0.05) is 274 Å². The van der Waals surface area contributed by atoms with Crippen LogP contribution < -0.4 is 5.32 Å². The Morgan fingerprint density at radius 1 is 0.357 bits per heavy atom. The van der Waals surface area contributed by atoms with Crippen molar-refractivity contribution < 1.29 is 25.2 Å². The van der Waals surface area contributed by atoms with Crippen LogP contribution in [0.4, 0.5) is 0 Å². The lowest BCUT2D eigenvalue weighted by atomic mass is 10.00. The largest absolute Gasteiger partial charge is 0.394 e. The molecule has 0 saturated heterocycles. The summed E-state index contributed by atoms with van der Waals surface area (Å²) in [4.78, 5) is 12.6. The van der Waals surface area contributed by atoms with E-state index in [9.17, 15) is 25.2 Å². The third kappa shape index (κ3) is 50.9. The Morgan fingerprint density at radius 2 is 0.643 bits per heavy atom. The van der Waals surface area contributed by atoms with E-state index in [-0.39, 0.29) is 0 Å². The third-order valence-corrected chi connectivity index (χ3v) is 14.2. The fourth-order valence-corrected chi connectivity index (χ4v) is 9.35. The molecular formula is C64H119NO5. The predicted octanol–water partition coefficient (Wildman–Crippen LogP) is 18.3. The van der Waals surface area contributed by atoms with E-state index in [1.54, 1.807) is 0 Å². The molecule has 0 aromatic rings. The molecule has 0 bridgehead atoms. The van der Waals surface area contributed by atoms with Gasteiger partial charge in [0.15, 0.2) is 0 Å². The lowest BCUT2D eigenvalue weighted by Crippen LogP contribution is -2.53. The molecule has 0 aliphatic carbocycles. The number of allylic oxidation sites excluding steroid dienone is 10. The minimum absolute atomic E-state index is 0.357. The van der Waals surface area contributed by atoms with Gasteiger partial charge in [-0.15, -0.1) is 0 Å². The number of amides is 1. The number of aliphatic hydroxyl groups is 4. The summed E-state index contributed by atoms with van der Waals surface area (Å²) in [6.07, 6.45) is 75.9. The van der Waals surface area contributed by atoms with Crippen molar-refractivity contribution >= 4 is 5.91 Å². The monoisotopic (exact) mass is 982 g/mol. The maximum atomic E-state index is 12.6. The van der Waals surface area contributed by atoms with Crippen molar-refractivity contribution in [2.75, 3.05) is 6.61 Å². The van der Waals surface area contributed by atoms with Crippen LogP contribution >= 0.6 is 0 Å². The summed E-state index contributed by atoms with van der Waals surface area (Å²) in [6.45, 7) is 4.06. The zero-order chi connectivity index (χ0) is 50.9. The zero-order valence-corrected chi connectivity index (χ0v) is 46.5. The second-order valence-electron chi connectivity index (χ2n) is 21.0. The van der Waals surface area contributed by atoms with Crippen LogP contribution in [0.3, 0.4) is 0 Å². The van der Waals surface area contributed by atoms with Gasteiger partial charge in [-0.25, -0.2) is 0 Å². The van der Waals surface area contributed by atoms with E-state index in [2.05, 4.69) is 79.9 Å². The second-order valence-corrected chi connectivity index (χ2v) is 21.0. The van der Waals surface area contributed by atoms with E-state index < -0.39 is 36.9 Å². The minimum atomic E-state index is -1.30. The average Bonchev–Trinajstić information content (AvgIpc) is 3.36. The summed E-state index contributed by atoms with van der Waals surface area (Å²) in [6, 6.07) is -1.02. The number of hydrogen-bond donors (Lipinski definition) is 5. The van der Waals surface area contributed by atoms with Crippen molar-refractivity contribution in [1.82, 2.24) is 5.32 Å². The molecule has 1 amide bonds. The fourth-order valence-electron chi connectivity index (χ4n) is 9.35. The Kier molecular flexibility index (Phi) is 56.3. The SMILES string of the molecule is CCCCCCCCCCC/C=C\C/C=C\CCCCCCCCCCCCCCCCC(O)C(=O)NC(CO)C(O)C(O)CCC/C=C/CC/C=C/CC/C=C/CCCCCCCCCCCCC. The lowest BCUT2D eigenvalue weighted by molar-refractivity contribution is -0.132. The molecule has 0 saturated carbocycles. The number of carbonyl (C=O) groups is 1. The highest BCUT2D eigenvalue weighted by Gasteiger charge is 2.28. The second kappa shape index (κ2) is 57.9. The summed E-state index contributed by atoms with van der Waals surface area (Å²) >= 11 is 0. The van der Waals surface area contributed by atoms with Crippen LogP contribution in [0, 0.1) is 0 Å². The number of rotatable bonds is 56. The fraction of sp³-hybridized carbons (Fsp3) is 0.828. The first-order valence-electron chi connectivity index (χ1n) is 30.7. The smallest absolute Gasteiger partial charge is 0.249 e. The highest BCUT2D eigenvalue weighted by Crippen LogP contribution is 2.17. The molecule has 0 rings (SSSR count). The van der Waals surface area contributed by atoms with Crippen LogP contribution in [0.1, 0.15) is 309 Å². The van der Waals surface area contributed by atoms with Gasteiger partial charge in [0.25, 0.3) is 0 Å². The van der Waals surface area contributed by atoms with Gasteiger partial charge >= 0.3 is 0 Å². The first kappa shape index (κ1) is 68.0. The molecule has 5 N–H and O–H groups in total. The van der Waals surface area contributed by atoms with Gasteiger partial charge in [-0.2, -0.15) is 0 Å². The van der Waals surface area contributed by atoms with Gasteiger partial charge < -0.3 is 25.7 Å². The van der Waals surface area contributed by atoms with Gasteiger partial charge in [0, 0.05) is 0 Å². The van der Waals surface area contributed by atoms with E-state index in [0.717, 1.165) is 57.8 Å². The molecule has 0 fully saturated rings. The first-order valence-corrected chi connectivity index (χ1v) is 30.7. The quantitative estimate of drug-likeness (QED) is 0.0308. The van der Waals surface area contributed by atoms with Gasteiger partial charge in [0.1, 0.15) is 12.2 Å². The Morgan fingerprint density at radius 3 is 0.986 bits per heavy atom. The molecule has 0 radical (unpaired) electrons. The lowest BCUT2D eigenvalue weighted by Gasteiger charge is -2.27. The number of hydrogen-bond acceptors (Lipinski definition) is 5. The molecule has 0 aromatic carbocycles. The molecule has 0 heterocycles. The molecule has 4 unspecified atom stereocenters. The van der Waals surface area contributed by atoms with Crippen molar-refractivity contribution in [3.8, 4) is 0 Å². The van der Waals surface area contributed by atoms with Crippen molar-refractivity contribution in [3.63, 3.8) is 0 Å². The van der Waals surface area contributed by atoms with Crippen molar-refractivity contribution in [2.24, 2.45) is 0 Å². The van der Waals surface area contributed by atoms with E-state index in [1.807, 2.05) is 0 Å². The van der Waals surface area contributed by atoms with Gasteiger partial charge in [0.05, 0.1) is 18.8 Å². The Hall–Kier alpha value is -1.99. The molecule has 0 aromatic heterocycles. The van der Waals surface area contributed by atoms with Crippen LogP contribution in [0.25, 0.3) is 0 Å². The number of carbonyl (C=O) groups excluding carboxylic acids is 1. The normalized spacial score (nSPS) is 14.1. The van der Waals surface area contributed by atoms with Crippen molar-refractivity contribution in [2.45, 2.75) is 334 Å². The van der Waals surface area contributed by atoms with E-state index in [0.29, 0.717) is 19.3 Å². The van der Waals surface area contributed by atoms with E-state index >= 15 is 0 Å². The van der Waals surface area contributed by atoms with Crippen LogP contribution in [0.5, 0.6) is 0 Å². The highest BCUT2D eigenvalue weighted by atomic mass is 16.3. The van der Waals surface area contributed by atoms with Crippen LogP contribution in [0.15, 0.2) is 60.8 Å². The summed E-state index contributed by atoms with van der Waals surface area (Å²) < 4.78 is 0. The average molecular weight is 983 g/mol. The first-order chi connectivity index (χ1) is 34.5. The standard InChI is InChI=1S/C64H119NO5/c1-3-5-7-9-11-13-15-17-19-21-23-25-27-29-30-31-32-33-34-36-38-40-42-44-46-48-50-52-54-56-58-62(68)64(70)65-60(59-66)63(69)61(67)57-55-53-51-49-47-45-43-41-39-37-35-28-26-24-22-20-18-16-14-12-10-8-6-4-2/h23,25,28-30,35,41,43,49,51,60-63,66-69H,3-22,24,26-27,31-34,36-40,42,44-48,50,52-59H2,1-2H3,(H,65,70)/b25-23-,30-29-,35-28+,43-41+,51-49+. The molecule has 0 aliphatic heterocycles. The molecule has 410 valence electrons. The molecular weight excluding hydrogens is 863 g/mol. The van der Waals surface area contributed by atoms with Crippen molar-refractivity contribution in [1.29, 1.82) is 0 Å². The molecule has 6 heteroatoms. The summed E-state index contributed by atoms with van der Waals surface area (Å²) in [5, 5.41) is 44.0. The molecule has 0 spiro atoms. The Balaban J connectivity index is 3.68. The Bertz CT molecular complexity index is 1190. The maximum absolute atomic E-state index is 12.6. The summed E-state index contributed by atoms with van der Waals surface area (Å²) in [5.74, 6) is -0.598. The van der Waals surface area contributed by atoms with Crippen LogP contribution in [-0.4, -0.2) is 57.3 Å². The van der Waals surface area contributed by atoms with Gasteiger partial charge in [-0.05, 0) is 96.3 Å². The Labute approximate surface area is 435 Å². The van der Waals surface area contributed by atoms with Gasteiger partial charge in [0.2, 0.25) is 5.91 Å². The van der Waals surface area contributed by atoms with Crippen LogP contribution in [-0.2, 0) is 4.79 Å². The van der Waals surface area contributed by atoms with E-state index in [1.165, 1.54) is 218 Å². The highest BCUT2D eigenvalue weighted by molar-refractivity contribution is 5.80. The van der Waals surface area contributed by atoms with Gasteiger partial charge in [-0.3, -0.25) is 4.79 Å². The summed E-state index contributed by atoms with van der Waals surface area (Å²) in [7, 11) is 0. The summed E-state index contributed by atoms with van der Waals surface area (Å²) in [5.41, 5.74) is 0. The molecule has 4 atom stereocenters. The third-order valence-electron chi connectivity index (χ3n) is 14.2. The van der Waals surface area contributed by atoms with Crippen molar-refractivity contribution in [3.05, 3.63) is 60.8 Å². The zero-order valence-electron chi connectivity index (χ0n) is 46.5.